The fraction of sp³-hybridized carbons (Fsp3) is 0.800. The summed E-state index contributed by atoms with van der Waals surface area (Å²) in [5.74, 6) is 0. The number of nitrogens with zero attached hydrogens (tertiary/aromatic N) is 1. The van der Waals surface area contributed by atoms with E-state index >= 15 is 0 Å². The summed E-state index contributed by atoms with van der Waals surface area (Å²) in [6, 6.07) is 0. The van der Waals surface area contributed by atoms with Crippen LogP contribution in [-0.2, 0) is 24.1 Å². The standard InChI is InChI=1S/C15H28N2OS/c1-6-8-12-13(11-16-15(2,3)4)19-14(17-12)9-7-10-18-5/h16H,6-11H2,1-5H3. The van der Waals surface area contributed by atoms with Crippen LogP contribution in [0.15, 0.2) is 0 Å². The van der Waals surface area contributed by atoms with Crippen molar-refractivity contribution < 1.29 is 4.74 Å². The Morgan fingerprint density at radius 3 is 2.58 bits per heavy atom. The van der Waals surface area contributed by atoms with Gasteiger partial charge in [0.25, 0.3) is 0 Å². The van der Waals surface area contributed by atoms with E-state index < -0.39 is 0 Å². The zero-order chi connectivity index (χ0) is 14.3. The van der Waals surface area contributed by atoms with E-state index in [2.05, 4.69) is 33.0 Å². The number of nitrogens with one attached hydrogen (secondary N) is 1. The highest BCUT2D eigenvalue weighted by Gasteiger charge is 2.14. The molecule has 3 nitrogen and oxygen atoms in total. The van der Waals surface area contributed by atoms with Crippen molar-refractivity contribution >= 4 is 11.3 Å². The van der Waals surface area contributed by atoms with Gasteiger partial charge >= 0.3 is 0 Å². The minimum absolute atomic E-state index is 0.156. The number of hydrogen-bond donors (Lipinski definition) is 1. The molecule has 0 aliphatic heterocycles. The Bertz CT molecular complexity index is 369. The molecule has 0 fully saturated rings. The van der Waals surface area contributed by atoms with Crippen molar-refractivity contribution in [3.05, 3.63) is 15.6 Å². The summed E-state index contributed by atoms with van der Waals surface area (Å²) < 4.78 is 5.10. The van der Waals surface area contributed by atoms with E-state index in [-0.39, 0.29) is 5.54 Å². The molecular weight excluding hydrogens is 256 g/mol. The van der Waals surface area contributed by atoms with Crippen LogP contribution in [0, 0.1) is 0 Å². The maximum absolute atomic E-state index is 5.10. The summed E-state index contributed by atoms with van der Waals surface area (Å²) in [7, 11) is 1.75. The highest BCUT2D eigenvalue weighted by molar-refractivity contribution is 7.11. The third-order valence-electron chi connectivity index (χ3n) is 2.83. The number of aryl methyl sites for hydroxylation is 2. The summed E-state index contributed by atoms with van der Waals surface area (Å²) in [6.07, 6.45) is 4.33. The van der Waals surface area contributed by atoms with Gasteiger partial charge < -0.3 is 10.1 Å². The Morgan fingerprint density at radius 1 is 1.26 bits per heavy atom. The second-order valence-corrected chi connectivity index (χ2v) is 7.10. The van der Waals surface area contributed by atoms with Crippen LogP contribution in [0.25, 0.3) is 0 Å². The number of methoxy groups -OCH3 is 1. The maximum atomic E-state index is 5.10. The van der Waals surface area contributed by atoms with Crippen LogP contribution >= 0.6 is 11.3 Å². The Hall–Kier alpha value is -0.450. The second kappa shape index (κ2) is 7.98. The minimum atomic E-state index is 0.156. The van der Waals surface area contributed by atoms with Gasteiger partial charge in [-0.2, -0.15) is 0 Å². The van der Waals surface area contributed by atoms with Crippen LogP contribution in [0.3, 0.4) is 0 Å². The molecule has 0 atom stereocenters. The molecule has 0 aliphatic carbocycles. The molecule has 0 unspecified atom stereocenters. The molecule has 0 aromatic carbocycles. The van der Waals surface area contributed by atoms with Gasteiger partial charge in [-0.1, -0.05) is 13.3 Å². The lowest BCUT2D eigenvalue weighted by atomic mass is 10.1. The zero-order valence-corrected chi connectivity index (χ0v) is 13.8. The van der Waals surface area contributed by atoms with Gasteiger partial charge in [-0.3, -0.25) is 0 Å². The monoisotopic (exact) mass is 284 g/mol. The van der Waals surface area contributed by atoms with E-state index in [9.17, 15) is 0 Å². The van der Waals surface area contributed by atoms with Gasteiger partial charge in [-0.15, -0.1) is 11.3 Å². The predicted molar refractivity (Wildman–Crippen MR) is 82.9 cm³/mol. The van der Waals surface area contributed by atoms with Crippen molar-refractivity contribution in [1.82, 2.24) is 10.3 Å². The lowest BCUT2D eigenvalue weighted by Crippen LogP contribution is -2.35. The maximum Gasteiger partial charge on any atom is 0.0932 e. The van der Waals surface area contributed by atoms with E-state index in [1.165, 1.54) is 15.6 Å². The van der Waals surface area contributed by atoms with Gasteiger partial charge in [-0.05, 0) is 33.6 Å². The molecule has 0 saturated heterocycles. The smallest absolute Gasteiger partial charge is 0.0932 e. The minimum Gasteiger partial charge on any atom is -0.385 e. The van der Waals surface area contributed by atoms with Gasteiger partial charge in [0, 0.05) is 37.1 Å². The van der Waals surface area contributed by atoms with Crippen molar-refractivity contribution in [3.8, 4) is 0 Å². The first-order valence-corrected chi connectivity index (χ1v) is 7.99. The molecule has 0 radical (unpaired) electrons. The third kappa shape index (κ3) is 6.50. The molecule has 0 aliphatic rings. The number of aromatic nitrogens is 1. The molecular formula is C15H28N2OS. The highest BCUT2D eigenvalue weighted by atomic mass is 32.1. The normalized spacial score (nSPS) is 12.1. The van der Waals surface area contributed by atoms with Crippen molar-refractivity contribution in [1.29, 1.82) is 0 Å². The molecule has 0 spiro atoms. The van der Waals surface area contributed by atoms with E-state index in [0.29, 0.717) is 0 Å². The topological polar surface area (TPSA) is 34.1 Å². The fourth-order valence-electron chi connectivity index (χ4n) is 1.83. The Morgan fingerprint density at radius 2 is 2.00 bits per heavy atom. The molecule has 1 heterocycles. The van der Waals surface area contributed by atoms with Crippen LogP contribution in [0.5, 0.6) is 0 Å². The van der Waals surface area contributed by atoms with E-state index in [0.717, 1.165) is 38.8 Å². The first-order chi connectivity index (χ1) is 8.96. The van der Waals surface area contributed by atoms with Crippen molar-refractivity contribution in [2.24, 2.45) is 0 Å². The molecule has 1 rings (SSSR count). The van der Waals surface area contributed by atoms with E-state index in [4.69, 9.17) is 9.72 Å². The molecule has 1 aromatic rings. The molecule has 1 N–H and O–H groups in total. The van der Waals surface area contributed by atoms with Crippen LogP contribution in [0.4, 0.5) is 0 Å². The third-order valence-corrected chi connectivity index (χ3v) is 3.99. The van der Waals surface area contributed by atoms with Crippen LogP contribution in [0.1, 0.15) is 56.1 Å². The second-order valence-electron chi connectivity index (χ2n) is 5.93. The van der Waals surface area contributed by atoms with Crippen molar-refractivity contribution in [3.63, 3.8) is 0 Å². The van der Waals surface area contributed by atoms with Crippen LogP contribution in [0.2, 0.25) is 0 Å². The Labute approximate surface area is 121 Å². The Balaban J connectivity index is 2.65. The number of ether oxygens (including phenoxy) is 1. The molecule has 0 bridgehead atoms. The number of hydrogen-bond acceptors (Lipinski definition) is 4. The summed E-state index contributed by atoms with van der Waals surface area (Å²) in [5, 5.41) is 4.82. The molecule has 1 aromatic heterocycles. The first kappa shape index (κ1) is 16.6. The van der Waals surface area contributed by atoms with Gasteiger partial charge in [0.15, 0.2) is 0 Å². The average molecular weight is 284 g/mol. The van der Waals surface area contributed by atoms with Gasteiger partial charge in [-0.25, -0.2) is 4.98 Å². The van der Waals surface area contributed by atoms with E-state index in [1.54, 1.807) is 7.11 Å². The summed E-state index contributed by atoms with van der Waals surface area (Å²) in [5.41, 5.74) is 1.45. The zero-order valence-electron chi connectivity index (χ0n) is 13.0. The highest BCUT2D eigenvalue weighted by Crippen LogP contribution is 2.22. The lowest BCUT2D eigenvalue weighted by molar-refractivity contribution is 0.195. The quantitative estimate of drug-likeness (QED) is 0.741. The molecule has 110 valence electrons. The van der Waals surface area contributed by atoms with Crippen LogP contribution < -0.4 is 5.32 Å². The first-order valence-electron chi connectivity index (χ1n) is 7.17. The number of rotatable bonds is 8. The predicted octanol–water partition coefficient (Wildman–Crippen LogP) is 3.56. The lowest BCUT2D eigenvalue weighted by Gasteiger charge is -2.20. The van der Waals surface area contributed by atoms with Crippen LogP contribution in [-0.4, -0.2) is 24.2 Å². The summed E-state index contributed by atoms with van der Waals surface area (Å²) in [4.78, 5) is 6.20. The Kier molecular flexibility index (Phi) is 6.97. The largest absolute Gasteiger partial charge is 0.385 e. The molecule has 0 amide bonds. The molecule has 4 heteroatoms. The summed E-state index contributed by atoms with van der Waals surface area (Å²) >= 11 is 1.86. The fourth-order valence-corrected chi connectivity index (χ4v) is 2.92. The summed E-state index contributed by atoms with van der Waals surface area (Å²) in [6.45, 7) is 10.6. The van der Waals surface area contributed by atoms with E-state index in [1.807, 2.05) is 11.3 Å². The average Bonchev–Trinajstić information content (AvgIpc) is 2.69. The molecule has 19 heavy (non-hydrogen) atoms. The van der Waals surface area contributed by atoms with Crippen molar-refractivity contribution in [2.75, 3.05) is 13.7 Å². The van der Waals surface area contributed by atoms with Gasteiger partial charge in [0.2, 0.25) is 0 Å². The SMILES string of the molecule is CCCc1nc(CCCOC)sc1CNC(C)(C)C. The van der Waals surface area contributed by atoms with Gasteiger partial charge in [0.05, 0.1) is 10.7 Å². The molecule has 0 saturated carbocycles. The number of thiazole rings is 1. The van der Waals surface area contributed by atoms with Gasteiger partial charge in [0.1, 0.15) is 0 Å². The van der Waals surface area contributed by atoms with Crippen molar-refractivity contribution in [2.45, 2.75) is 65.5 Å².